The van der Waals surface area contributed by atoms with Crippen LogP contribution < -0.4 is 10.9 Å². The van der Waals surface area contributed by atoms with Crippen molar-refractivity contribution in [3.63, 3.8) is 0 Å². The van der Waals surface area contributed by atoms with E-state index in [1.54, 1.807) is 24.3 Å². The van der Waals surface area contributed by atoms with E-state index in [0.29, 0.717) is 35.1 Å². The maximum atomic E-state index is 13.7. The summed E-state index contributed by atoms with van der Waals surface area (Å²) in [7, 11) is 0. The van der Waals surface area contributed by atoms with Crippen LogP contribution in [0.2, 0.25) is 5.02 Å². The molecule has 0 unspecified atom stereocenters. The number of anilines is 1. The van der Waals surface area contributed by atoms with Crippen LogP contribution in [0.1, 0.15) is 22.4 Å². The maximum Gasteiger partial charge on any atom is 0.257 e. The number of hydrogen-bond donors (Lipinski definition) is 1. The van der Waals surface area contributed by atoms with Crippen LogP contribution in [-0.4, -0.2) is 26.9 Å². The lowest BCUT2D eigenvalue weighted by Crippen LogP contribution is -2.39. The summed E-state index contributed by atoms with van der Waals surface area (Å²) in [6, 6.07) is 25.2. The SMILES string of the molecule is Cc1ccc(-c2nc3c(c(=O)n2CC(=O)Nc2ccccc2Cl)CCN(Cc2ccccc2)C3)cc1. The fraction of sp³-hybridized carbons (Fsp3) is 0.207. The molecule has 1 aromatic heterocycles. The van der Waals surface area contributed by atoms with Gasteiger partial charge in [-0.3, -0.25) is 19.1 Å². The van der Waals surface area contributed by atoms with Crippen LogP contribution in [0.25, 0.3) is 11.4 Å². The Morgan fingerprint density at radius 3 is 2.47 bits per heavy atom. The molecular weight excluding hydrogens is 472 g/mol. The molecule has 0 radical (unpaired) electrons. The van der Waals surface area contributed by atoms with E-state index in [9.17, 15) is 9.59 Å². The smallest absolute Gasteiger partial charge is 0.257 e. The van der Waals surface area contributed by atoms with Gasteiger partial charge in [0.15, 0.2) is 0 Å². The highest BCUT2D eigenvalue weighted by molar-refractivity contribution is 6.33. The van der Waals surface area contributed by atoms with Crippen LogP contribution >= 0.6 is 11.6 Å². The molecule has 1 aliphatic heterocycles. The van der Waals surface area contributed by atoms with E-state index in [1.807, 2.05) is 49.4 Å². The van der Waals surface area contributed by atoms with Gasteiger partial charge in [-0.15, -0.1) is 0 Å². The Hall–Kier alpha value is -3.74. The third-order valence-electron chi connectivity index (χ3n) is 6.41. The summed E-state index contributed by atoms with van der Waals surface area (Å²) in [5.41, 5.74) is 4.94. The van der Waals surface area contributed by atoms with Crippen molar-refractivity contribution in [1.82, 2.24) is 14.5 Å². The lowest BCUT2D eigenvalue weighted by atomic mass is 10.0. The molecule has 2 heterocycles. The van der Waals surface area contributed by atoms with Crippen LogP contribution in [0.3, 0.4) is 0 Å². The molecule has 1 aliphatic rings. The number of para-hydroxylation sites is 1. The van der Waals surface area contributed by atoms with Crippen molar-refractivity contribution in [2.45, 2.75) is 33.0 Å². The topological polar surface area (TPSA) is 67.2 Å². The van der Waals surface area contributed by atoms with Gasteiger partial charge in [-0.05, 0) is 31.0 Å². The van der Waals surface area contributed by atoms with Crippen molar-refractivity contribution in [3.8, 4) is 11.4 Å². The lowest BCUT2D eigenvalue weighted by Gasteiger charge is -2.29. The van der Waals surface area contributed by atoms with E-state index in [0.717, 1.165) is 29.9 Å². The van der Waals surface area contributed by atoms with E-state index < -0.39 is 0 Å². The molecular formula is C29H27ClN4O2. The quantitative estimate of drug-likeness (QED) is 0.403. The first-order valence-corrected chi connectivity index (χ1v) is 12.4. The number of hydrogen-bond acceptors (Lipinski definition) is 4. The number of benzene rings is 3. The summed E-state index contributed by atoms with van der Waals surface area (Å²) in [6.45, 7) is 4.00. The van der Waals surface area contributed by atoms with Crippen molar-refractivity contribution >= 4 is 23.2 Å². The standard InChI is InChI=1S/C29H27ClN4O2/c1-20-11-13-22(14-12-20)28-32-26-18-33(17-21-7-3-2-4-8-21)16-15-23(26)29(36)34(28)19-27(35)31-25-10-6-5-9-24(25)30/h2-14H,15-19H2,1H3,(H,31,35). The molecule has 1 N–H and O–H groups in total. The summed E-state index contributed by atoms with van der Waals surface area (Å²) >= 11 is 6.21. The van der Waals surface area contributed by atoms with Crippen molar-refractivity contribution in [2.24, 2.45) is 0 Å². The van der Waals surface area contributed by atoms with Crippen LogP contribution in [-0.2, 0) is 30.8 Å². The van der Waals surface area contributed by atoms with Gasteiger partial charge in [0.05, 0.1) is 16.4 Å². The molecule has 1 amide bonds. The van der Waals surface area contributed by atoms with Crippen molar-refractivity contribution < 1.29 is 4.79 Å². The second-order valence-electron chi connectivity index (χ2n) is 9.09. The van der Waals surface area contributed by atoms with Crippen LogP contribution in [0.4, 0.5) is 5.69 Å². The molecule has 0 fully saturated rings. The Balaban J connectivity index is 1.49. The van der Waals surface area contributed by atoms with E-state index in [4.69, 9.17) is 16.6 Å². The number of amides is 1. The van der Waals surface area contributed by atoms with Crippen LogP contribution in [0.5, 0.6) is 0 Å². The van der Waals surface area contributed by atoms with Gasteiger partial charge in [0.1, 0.15) is 12.4 Å². The van der Waals surface area contributed by atoms with E-state index in [1.165, 1.54) is 10.1 Å². The minimum absolute atomic E-state index is 0.152. The fourth-order valence-corrected chi connectivity index (χ4v) is 4.71. The number of halogens is 1. The average Bonchev–Trinajstić information content (AvgIpc) is 2.88. The molecule has 0 aliphatic carbocycles. The van der Waals surface area contributed by atoms with E-state index >= 15 is 0 Å². The predicted molar refractivity (Wildman–Crippen MR) is 143 cm³/mol. The summed E-state index contributed by atoms with van der Waals surface area (Å²) in [5, 5.41) is 3.27. The van der Waals surface area contributed by atoms with E-state index in [2.05, 4.69) is 22.3 Å². The molecule has 36 heavy (non-hydrogen) atoms. The van der Waals surface area contributed by atoms with Gasteiger partial charge in [-0.2, -0.15) is 0 Å². The largest absolute Gasteiger partial charge is 0.323 e. The van der Waals surface area contributed by atoms with Gasteiger partial charge in [0, 0.05) is 30.8 Å². The predicted octanol–water partition coefficient (Wildman–Crippen LogP) is 5.07. The third kappa shape index (κ3) is 5.25. The molecule has 7 heteroatoms. The summed E-state index contributed by atoms with van der Waals surface area (Å²) in [5.74, 6) is 0.163. The molecule has 0 saturated heterocycles. The summed E-state index contributed by atoms with van der Waals surface area (Å²) in [4.78, 5) is 33.9. The normalized spacial score (nSPS) is 13.3. The zero-order valence-electron chi connectivity index (χ0n) is 20.1. The van der Waals surface area contributed by atoms with E-state index in [-0.39, 0.29) is 18.0 Å². The Kier molecular flexibility index (Phi) is 6.98. The number of carbonyl (C=O) groups excluding carboxylic acids is 1. The zero-order chi connectivity index (χ0) is 25.1. The maximum absolute atomic E-state index is 13.7. The first-order chi connectivity index (χ1) is 17.5. The molecule has 0 saturated carbocycles. The molecule has 182 valence electrons. The van der Waals surface area contributed by atoms with Gasteiger partial charge >= 0.3 is 0 Å². The minimum Gasteiger partial charge on any atom is -0.323 e. The Bertz CT molecular complexity index is 1450. The fourth-order valence-electron chi connectivity index (χ4n) is 4.52. The number of rotatable bonds is 6. The number of aryl methyl sites for hydroxylation is 1. The highest BCUT2D eigenvalue weighted by atomic mass is 35.5. The molecule has 5 rings (SSSR count). The second-order valence-corrected chi connectivity index (χ2v) is 9.50. The number of aromatic nitrogens is 2. The Labute approximate surface area is 215 Å². The lowest BCUT2D eigenvalue weighted by molar-refractivity contribution is -0.116. The molecule has 6 nitrogen and oxygen atoms in total. The third-order valence-corrected chi connectivity index (χ3v) is 6.74. The number of nitrogens with zero attached hydrogens (tertiary/aromatic N) is 3. The molecule has 0 spiro atoms. The Morgan fingerprint density at radius 1 is 1.00 bits per heavy atom. The monoisotopic (exact) mass is 498 g/mol. The second kappa shape index (κ2) is 10.5. The average molecular weight is 499 g/mol. The van der Waals surface area contributed by atoms with Gasteiger partial charge < -0.3 is 5.32 Å². The molecule has 0 bridgehead atoms. The van der Waals surface area contributed by atoms with Crippen molar-refractivity contribution in [2.75, 3.05) is 11.9 Å². The summed E-state index contributed by atoms with van der Waals surface area (Å²) < 4.78 is 1.49. The molecule has 4 aromatic rings. The number of fused-ring (bicyclic) bond motifs is 1. The first-order valence-electron chi connectivity index (χ1n) is 12.0. The van der Waals surface area contributed by atoms with Gasteiger partial charge in [-0.1, -0.05) is 83.9 Å². The summed E-state index contributed by atoms with van der Waals surface area (Å²) in [6.07, 6.45) is 0.592. The minimum atomic E-state index is -0.332. The highest BCUT2D eigenvalue weighted by Gasteiger charge is 2.25. The number of carbonyl (C=O) groups is 1. The van der Waals surface area contributed by atoms with Gasteiger partial charge in [0.25, 0.3) is 5.56 Å². The van der Waals surface area contributed by atoms with Crippen molar-refractivity contribution in [1.29, 1.82) is 0 Å². The van der Waals surface area contributed by atoms with Crippen molar-refractivity contribution in [3.05, 3.63) is 117 Å². The van der Waals surface area contributed by atoms with Crippen LogP contribution in [0.15, 0.2) is 83.7 Å². The van der Waals surface area contributed by atoms with Crippen LogP contribution in [0, 0.1) is 6.92 Å². The molecule has 0 atom stereocenters. The Morgan fingerprint density at radius 2 is 1.72 bits per heavy atom. The van der Waals surface area contributed by atoms with Gasteiger partial charge in [0.2, 0.25) is 5.91 Å². The molecule has 3 aromatic carbocycles. The first kappa shape index (κ1) is 24.0. The zero-order valence-corrected chi connectivity index (χ0v) is 20.8. The highest BCUT2D eigenvalue weighted by Crippen LogP contribution is 2.24. The number of nitrogens with one attached hydrogen (secondary N) is 1. The van der Waals surface area contributed by atoms with Gasteiger partial charge in [-0.25, -0.2) is 4.98 Å².